The molecule has 0 bridgehead atoms. The van der Waals surface area contributed by atoms with Crippen LogP contribution in [0.4, 0.5) is 8.78 Å². The Labute approximate surface area is 87.6 Å². The van der Waals surface area contributed by atoms with Crippen LogP contribution in [0.3, 0.4) is 0 Å². The van der Waals surface area contributed by atoms with E-state index >= 15 is 0 Å². The van der Waals surface area contributed by atoms with Gasteiger partial charge in [-0.05, 0) is 6.92 Å². The van der Waals surface area contributed by atoms with Crippen molar-refractivity contribution in [1.82, 2.24) is 5.32 Å². The predicted octanol–water partition coefficient (Wildman–Crippen LogP) is 0.400. The van der Waals surface area contributed by atoms with Gasteiger partial charge in [-0.15, -0.1) is 0 Å². The van der Waals surface area contributed by atoms with E-state index < -0.39 is 24.4 Å². The van der Waals surface area contributed by atoms with Gasteiger partial charge in [-0.2, -0.15) is 0 Å². The number of halogens is 2. The van der Waals surface area contributed by atoms with E-state index in [1.165, 1.54) is 7.11 Å². The van der Waals surface area contributed by atoms with E-state index in [2.05, 4.69) is 10.1 Å². The fourth-order valence-electron chi connectivity index (χ4n) is 0.963. The molecule has 4 nitrogen and oxygen atoms in total. The number of esters is 1. The van der Waals surface area contributed by atoms with Gasteiger partial charge in [0.1, 0.15) is 6.10 Å². The Morgan fingerprint density at radius 1 is 1.47 bits per heavy atom. The molecular weight excluding hydrogens is 208 g/mol. The van der Waals surface area contributed by atoms with Gasteiger partial charge in [-0.3, -0.25) is 4.79 Å². The van der Waals surface area contributed by atoms with Crippen LogP contribution in [0.1, 0.15) is 13.8 Å². The SMILES string of the molecule is COC(=O)C(C)C(C)NCC(O)C(F)F. The molecule has 0 rings (SSSR count). The van der Waals surface area contributed by atoms with Gasteiger partial charge in [0.15, 0.2) is 0 Å². The summed E-state index contributed by atoms with van der Waals surface area (Å²) in [4.78, 5) is 11.1. The molecule has 3 atom stereocenters. The molecule has 0 saturated heterocycles. The third kappa shape index (κ3) is 5.03. The van der Waals surface area contributed by atoms with Crippen LogP contribution in [0.15, 0.2) is 0 Å². The Bertz CT molecular complexity index is 202. The maximum atomic E-state index is 11.9. The lowest BCUT2D eigenvalue weighted by Crippen LogP contribution is -2.42. The van der Waals surface area contributed by atoms with Crippen LogP contribution in [-0.4, -0.2) is 43.3 Å². The smallest absolute Gasteiger partial charge is 0.309 e. The highest BCUT2D eigenvalue weighted by Gasteiger charge is 2.23. The van der Waals surface area contributed by atoms with E-state index in [9.17, 15) is 13.6 Å². The fourth-order valence-corrected chi connectivity index (χ4v) is 0.963. The Hall–Kier alpha value is -0.750. The normalized spacial score (nSPS) is 17.3. The largest absolute Gasteiger partial charge is 0.469 e. The van der Waals surface area contributed by atoms with Crippen molar-refractivity contribution < 1.29 is 23.4 Å². The second kappa shape index (κ2) is 6.68. The molecule has 0 spiro atoms. The zero-order valence-electron chi connectivity index (χ0n) is 9.04. The third-order valence-corrected chi connectivity index (χ3v) is 2.26. The second-order valence-electron chi connectivity index (χ2n) is 3.41. The van der Waals surface area contributed by atoms with E-state index in [4.69, 9.17) is 5.11 Å². The van der Waals surface area contributed by atoms with Crippen LogP contribution < -0.4 is 5.32 Å². The number of hydrogen-bond donors (Lipinski definition) is 2. The highest BCUT2D eigenvalue weighted by Crippen LogP contribution is 2.05. The summed E-state index contributed by atoms with van der Waals surface area (Å²) in [6, 6.07) is -0.328. The monoisotopic (exact) mass is 225 g/mol. The molecule has 2 N–H and O–H groups in total. The number of nitrogens with one attached hydrogen (secondary N) is 1. The predicted molar refractivity (Wildman–Crippen MR) is 50.7 cm³/mol. The molecule has 0 saturated carbocycles. The van der Waals surface area contributed by atoms with Crippen LogP contribution in [0, 0.1) is 5.92 Å². The van der Waals surface area contributed by atoms with Gasteiger partial charge in [0.25, 0.3) is 6.43 Å². The van der Waals surface area contributed by atoms with Gasteiger partial charge in [0.2, 0.25) is 0 Å². The van der Waals surface area contributed by atoms with Crippen molar-refractivity contribution >= 4 is 5.97 Å². The summed E-state index contributed by atoms with van der Waals surface area (Å²) >= 11 is 0. The molecule has 6 heteroatoms. The number of alkyl halides is 2. The molecule has 0 aromatic rings. The number of rotatable bonds is 6. The third-order valence-electron chi connectivity index (χ3n) is 2.26. The number of aliphatic hydroxyl groups is 1. The summed E-state index contributed by atoms with van der Waals surface area (Å²) in [5.74, 6) is -0.860. The summed E-state index contributed by atoms with van der Waals surface area (Å²) in [6.45, 7) is 3.04. The van der Waals surface area contributed by atoms with E-state index in [1.54, 1.807) is 13.8 Å². The van der Waals surface area contributed by atoms with E-state index in [0.717, 1.165) is 0 Å². The van der Waals surface area contributed by atoms with Crippen molar-refractivity contribution in [3.63, 3.8) is 0 Å². The molecule has 90 valence electrons. The average Bonchev–Trinajstić information content (AvgIpc) is 2.22. The quantitative estimate of drug-likeness (QED) is 0.642. The topological polar surface area (TPSA) is 58.6 Å². The standard InChI is InChI=1S/C9H17F2NO3/c1-5(9(14)15-3)6(2)12-4-7(13)8(10)11/h5-8,12-13H,4H2,1-3H3. The number of hydrogen-bond acceptors (Lipinski definition) is 4. The Morgan fingerprint density at radius 2 is 2.00 bits per heavy atom. The van der Waals surface area contributed by atoms with Crippen molar-refractivity contribution in [2.75, 3.05) is 13.7 Å². The maximum absolute atomic E-state index is 11.9. The van der Waals surface area contributed by atoms with Crippen molar-refractivity contribution in [3.8, 4) is 0 Å². The fraction of sp³-hybridized carbons (Fsp3) is 0.889. The highest BCUT2D eigenvalue weighted by molar-refractivity contribution is 5.72. The van der Waals surface area contributed by atoms with Gasteiger partial charge < -0.3 is 15.2 Å². The van der Waals surface area contributed by atoms with Gasteiger partial charge in [-0.25, -0.2) is 8.78 Å². The lowest BCUT2D eigenvalue weighted by molar-refractivity contribution is -0.145. The molecule has 0 fully saturated rings. The Kier molecular flexibility index (Phi) is 6.35. The van der Waals surface area contributed by atoms with Crippen molar-refractivity contribution in [1.29, 1.82) is 0 Å². The van der Waals surface area contributed by atoms with Crippen molar-refractivity contribution in [2.24, 2.45) is 5.92 Å². The Balaban J connectivity index is 3.92. The van der Waals surface area contributed by atoms with Crippen LogP contribution in [-0.2, 0) is 9.53 Å². The first-order valence-electron chi connectivity index (χ1n) is 4.67. The zero-order chi connectivity index (χ0) is 12.0. The number of methoxy groups -OCH3 is 1. The first kappa shape index (κ1) is 14.2. The zero-order valence-corrected chi connectivity index (χ0v) is 9.04. The number of aliphatic hydroxyl groups excluding tert-OH is 1. The first-order chi connectivity index (χ1) is 6.90. The van der Waals surface area contributed by atoms with Crippen molar-refractivity contribution in [3.05, 3.63) is 0 Å². The summed E-state index contributed by atoms with van der Waals surface area (Å²) < 4.78 is 28.3. The lowest BCUT2D eigenvalue weighted by atomic mass is 10.0. The van der Waals surface area contributed by atoms with Crippen LogP contribution in [0.25, 0.3) is 0 Å². The molecule has 3 unspecified atom stereocenters. The summed E-state index contributed by atoms with van der Waals surface area (Å²) in [6.07, 6.45) is -4.49. The number of ether oxygens (including phenoxy) is 1. The van der Waals surface area contributed by atoms with Crippen LogP contribution in [0.5, 0.6) is 0 Å². The van der Waals surface area contributed by atoms with E-state index in [0.29, 0.717) is 0 Å². The molecular formula is C9H17F2NO3. The molecule has 15 heavy (non-hydrogen) atoms. The summed E-state index contributed by atoms with van der Waals surface area (Å²) in [5.41, 5.74) is 0. The maximum Gasteiger partial charge on any atom is 0.309 e. The van der Waals surface area contributed by atoms with Gasteiger partial charge in [-0.1, -0.05) is 6.92 Å². The number of carbonyl (C=O) groups excluding carboxylic acids is 1. The molecule has 0 radical (unpaired) electrons. The lowest BCUT2D eigenvalue weighted by Gasteiger charge is -2.20. The average molecular weight is 225 g/mol. The summed E-state index contributed by atoms with van der Waals surface area (Å²) in [5, 5.41) is 11.5. The van der Waals surface area contributed by atoms with Crippen LogP contribution >= 0.6 is 0 Å². The molecule has 0 aliphatic heterocycles. The second-order valence-corrected chi connectivity index (χ2v) is 3.41. The van der Waals surface area contributed by atoms with E-state index in [-0.39, 0.29) is 12.6 Å². The van der Waals surface area contributed by atoms with Gasteiger partial charge >= 0.3 is 5.97 Å². The molecule has 0 aliphatic rings. The van der Waals surface area contributed by atoms with E-state index in [1.807, 2.05) is 0 Å². The highest BCUT2D eigenvalue weighted by atomic mass is 19.3. The minimum atomic E-state index is -2.78. The Morgan fingerprint density at radius 3 is 2.40 bits per heavy atom. The first-order valence-corrected chi connectivity index (χ1v) is 4.67. The molecule has 0 aromatic carbocycles. The number of carbonyl (C=O) groups is 1. The molecule has 0 aromatic heterocycles. The van der Waals surface area contributed by atoms with Crippen molar-refractivity contribution in [2.45, 2.75) is 32.4 Å². The van der Waals surface area contributed by atoms with Crippen LogP contribution in [0.2, 0.25) is 0 Å². The van der Waals surface area contributed by atoms with Gasteiger partial charge in [0.05, 0.1) is 13.0 Å². The summed E-state index contributed by atoms with van der Waals surface area (Å²) in [7, 11) is 1.26. The minimum Gasteiger partial charge on any atom is -0.469 e. The minimum absolute atomic E-state index is 0.250. The molecule has 0 heterocycles. The molecule has 0 aliphatic carbocycles. The van der Waals surface area contributed by atoms with Gasteiger partial charge in [0, 0.05) is 12.6 Å². The molecule has 0 amide bonds.